The van der Waals surface area contributed by atoms with Gasteiger partial charge in [-0.05, 0) is 53.7 Å². The Balaban J connectivity index is 2.34. The van der Waals surface area contributed by atoms with E-state index < -0.39 is 23.4 Å². The molecule has 1 N–H and O–H groups in total. The zero-order valence-corrected chi connectivity index (χ0v) is 15.9. The van der Waals surface area contributed by atoms with Crippen molar-refractivity contribution in [2.24, 2.45) is 0 Å². The minimum absolute atomic E-state index is 0.297. The van der Waals surface area contributed by atoms with Gasteiger partial charge in [0.2, 0.25) is 0 Å². The molecular formula is C17H22ClN3O4. The first-order valence-electron chi connectivity index (χ1n) is 7.76. The number of benzene rings is 1. The quantitative estimate of drug-likeness (QED) is 0.781. The molecule has 7 nitrogen and oxygen atoms in total. The Morgan fingerprint density at radius 1 is 1.08 bits per heavy atom. The molecular weight excluding hydrogens is 346 g/mol. The predicted octanol–water partition coefficient (Wildman–Crippen LogP) is 4.82. The molecule has 0 aliphatic heterocycles. The third kappa shape index (κ3) is 5.09. The van der Waals surface area contributed by atoms with Gasteiger partial charge in [0, 0.05) is 5.69 Å². The highest BCUT2D eigenvalue weighted by atomic mass is 35.5. The van der Waals surface area contributed by atoms with E-state index in [4.69, 9.17) is 21.1 Å². The second kappa shape index (κ2) is 6.55. The molecule has 1 aromatic heterocycles. The monoisotopic (exact) mass is 367 g/mol. The molecule has 2 aromatic rings. The Labute approximate surface area is 151 Å². The fraction of sp³-hybridized carbons (Fsp3) is 0.471. The molecule has 8 heteroatoms. The smallest absolute Gasteiger partial charge is 0.420 e. The Morgan fingerprint density at radius 2 is 1.68 bits per heavy atom. The van der Waals surface area contributed by atoms with Gasteiger partial charge in [-0.1, -0.05) is 11.6 Å². The Bertz CT molecular complexity index is 816. The largest absolute Gasteiger partial charge is 0.444 e. The first kappa shape index (κ1) is 19.1. The zero-order chi connectivity index (χ0) is 19.0. The van der Waals surface area contributed by atoms with Gasteiger partial charge in [0.15, 0.2) is 0 Å². The first-order valence-corrected chi connectivity index (χ1v) is 8.13. The van der Waals surface area contributed by atoms with E-state index in [1.54, 1.807) is 53.7 Å². The topological polar surface area (TPSA) is 82.5 Å². The molecule has 136 valence electrons. The van der Waals surface area contributed by atoms with E-state index in [2.05, 4.69) is 10.3 Å². The van der Waals surface area contributed by atoms with Crippen LogP contribution in [-0.2, 0) is 9.47 Å². The van der Waals surface area contributed by atoms with Crippen molar-refractivity contribution < 1.29 is 19.1 Å². The highest BCUT2D eigenvalue weighted by molar-refractivity contribution is 6.35. The van der Waals surface area contributed by atoms with Crippen LogP contribution in [0.4, 0.5) is 15.3 Å². The lowest BCUT2D eigenvalue weighted by atomic mass is 10.2. The number of hydrogen-bond acceptors (Lipinski definition) is 5. The molecule has 0 saturated carbocycles. The van der Waals surface area contributed by atoms with Gasteiger partial charge in [-0.2, -0.15) is 0 Å². The first-order chi connectivity index (χ1) is 11.4. The molecule has 25 heavy (non-hydrogen) atoms. The molecule has 2 rings (SSSR count). The summed E-state index contributed by atoms with van der Waals surface area (Å²) in [6, 6.07) is 3.13. The van der Waals surface area contributed by atoms with E-state index in [0.29, 0.717) is 21.7 Å². The lowest BCUT2D eigenvalue weighted by molar-refractivity contribution is 0.0542. The van der Waals surface area contributed by atoms with Gasteiger partial charge in [0.05, 0.1) is 10.5 Å². The van der Waals surface area contributed by atoms with E-state index in [1.807, 2.05) is 0 Å². The fourth-order valence-electron chi connectivity index (χ4n) is 2.02. The van der Waals surface area contributed by atoms with E-state index >= 15 is 0 Å². The molecule has 1 amide bonds. The highest BCUT2D eigenvalue weighted by Gasteiger charge is 2.21. The van der Waals surface area contributed by atoms with Gasteiger partial charge in [-0.15, -0.1) is 0 Å². The van der Waals surface area contributed by atoms with E-state index in [1.165, 1.54) is 10.9 Å². The summed E-state index contributed by atoms with van der Waals surface area (Å²) in [6.45, 7) is 10.6. The summed E-state index contributed by atoms with van der Waals surface area (Å²) in [7, 11) is 0. The molecule has 1 heterocycles. The molecule has 0 fully saturated rings. The van der Waals surface area contributed by atoms with Gasteiger partial charge in [-0.25, -0.2) is 19.1 Å². The van der Waals surface area contributed by atoms with Crippen molar-refractivity contribution in [3.8, 4) is 0 Å². The Kier molecular flexibility index (Phi) is 4.99. The number of nitrogens with zero attached hydrogens (tertiary/aromatic N) is 2. The fourth-order valence-corrected chi connectivity index (χ4v) is 2.29. The van der Waals surface area contributed by atoms with Crippen molar-refractivity contribution in [1.29, 1.82) is 0 Å². The van der Waals surface area contributed by atoms with Crippen LogP contribution in [0.5, 0.6) is 0 Å². The number of imidazole rings is 1. The van der Waals surface area contributed by atoms with Crippen molar-refractivity contribution >= 4 is 40.5 Å². The van der Waals surface area contributed by atoms with Crippen molar-refractivity contribution in [1.82, 2.24) is 9.55 Å². The van der Waals surface area contributed by atoms with Crippen molar-refractivity contribution in [2.45, 2.75) is 52.7 Å². The third-order valence-electron chi connectivity index (χ3n) is 2.84. The number of carbonyl (C=O) groups is 2. The minimum Gasteiger partial charge on any atom is -0.444 e. The Morgan fingerprint density at radius 3 is 2.24 bits per heavy atom. The van der Waals surface area contributed by atoms with Crippen molar-refractivity contribution in [3.05, 3.63) is 23.5 Å². The zero-order valence-electron chi connectivity index (χ0n) is 15.1. The van der Waals surface area contributed by atoms with E-state index in [0.717, 1.165) is 0 Å². The summed E-state index contributed by atoms with van der Waals surface area (Å²) in [6.07, 6.45) is 0.133. The van der Waals surface area contributed by atoms with Crippen LogP contribution in [0.1, 0.15) is 41.5 Å². The molecule has 0 spiro atoms. The van der Waals surface area contributed by atoms with Gasteiger partial charge in [0.1, 0.15) is 23.0 Å². The predicted molar refractivity (Wildman–Crippen MR) is 96.2 cm³/mol. The van der Waals surface area contributed by atoms with Crippen LogP contribution in [0, 0.1) is 0 Å². The molecule has 0 saturated heterocycles. The number of rotatable bonds is 1. The van der Waals surface area contributed by atoms with Crippen molar-refractivity contribution in [2.75, 3.05) is 5.32 Å². The molecule has 0 bridgehead atoms. The number of anilines is 1. The summed E-state index contributed by atoms with van der Waals surface area (Å²) >= 11 is 6.21. The van der Waals surface area contributed by atoms with Gasteiger partial charge < -0.3 is 9.47 Å². The standard InChI is InChI=1S/C17H22ClN3O4/c1-16(2,3)24-14(22)20-10-7-11(18)13-12(8-10)21(9-19-13)15(23)25-17(4,5)6/h7-9H,1-6H3,(H,20,22). The van der Waals surface area contributed by atoms with Crippen LogP contribution in [0.25, 0.3) is 11.0 Å². The maximum Gasteiger partial charge on any atom is 0.420 e. The number of carbonyl (C=O) groups excluding carboxylic acids is 2. The number of halogens is 1. The molecule has 0 aliphatic carbocycles. The summed E-state index contributed by atoms with van der Waals surface area (Å²) < 4.78 is 11.8. The van der Waals surface area contributed by atoms with E-state index in [9.17, 15) is 9.59 Å². The lowest BCUT2D eigenvalue weighted by Gasteiger charge is -2.20. The third-order valence-corrected chi connectivity index (χ3v) is 3.13. The second-order valence-electron chi connectivity index (χ2n) is 7.55. The highest BCUT2D eigenvalue weighted by Crippen LogP contribution is 2.28. The number of aromatic nitrogens is 2. The van der Waals surface area contributed by atoms with Crippen LogP contribution >= 0.6 is 11.6 Å². The number of amides is 1. The SMILES string of the molecule is CC(C)(C)OC(=O)Nc1cc(Cl)c2ncn(C(=O)OC(C)(C)C)c2c1. The number of fused-ring (bicyclic) bond motifs is 1. The molecule has 0 atom stereocenters. The minimum atomic E-state index is -0.649. The van der Waals surface area contributed by atoms with Gasteiger partial charge in [0.25, 0.3) is 0 Å². The maximum absolute atomic E-state index is 12.3. The number of nitrogens with one attached hydrogen (secondary N) is 1. The molecule has 0 radical (unpaired) electrons. The summed E-state index contributed by atoms with van der Waals surface area (Å²) in [5.41, 5.74) is -0.0350. The average molecular weight is 368 g/mol. The summed E-state index contributed by atoms with van der Waals surface area (Å²) in [5, 5.41) is 2.89. The van der Waals surface area contributed by atoms with E-state index in [-0.39, 0.29) is 0 Å². The molecule has 0 aliphatic rings. The summed E-state index contributed by atoms with van der Waals surface area (Å²) in [4.78, 5) is 28.4. The van der Waals surface area contributed by atoms with Crippen LogP contribution in [0.3, 0.4) is 0 Å². The Hall–Kier alpha value is -2.28. The molecule has 0 unspecified atom stereocenters. The van der Waals surface area contributed by atoms with Crippen LogP contribution in [-0.4, -0.2) is 32.9 Å². The second-order valence-corrected chi connectivity index (χ2v) is 7.95. The normalized spacial score (nSPS) is 12.1. The number of ether oxygens (including phenoxy) is 2. The average Bonchev–Trinajstić information content (AvgIpc) is 2.78. The summed E-state index contributed by atoms with van der Waals surface area (Å²) in [5.74, 6) is 0. The molecule has 1 aromatic carbocycles. The number of hydrogen-bond donors (Lipinski definition) is 1. The lowest BCUT2D eigenvalue weighted by Crippen LogP contribution is -2.27. The van der Waals surface area contributed by atoms with Crippen LogP contribution < -0.4 is 5.32 Å². The van der Waals surface area contributed by atoms with Crippen LogP contribution in [0.15, 0.2) is 18.5 Å². The van der Waals surface area contributed by atoms with Crippen molar-refractivity contribution in [3.63, 3.8) is 0 Å². The maximum atomic E-state index is 12.3. The van der Waals surface area contributed by atoms with Gasteiger partial charge >= 0.3 is 12.2 Å². The van der Waals surface area contributed by atoms with Crippen LogP contribution in [0.2, 0.25) is 5.02 Å². The van der Waals surface area contributed by atoms with Gasteiger partial charge in [-0.3, -0.25) is 5.32 Å².